The first kappa shape index (κ1) is 11.3. The summed E-state index contributed by atoms with van der Waals surface area (Å²) in [5.41, 5.74) is 3.44. The third-order valence-electron chi connectivity index (χ3n) is 2.96. The summed E-state index contributed by atoms with van der Waals surface area (Å²) in [5, 5.41) is 1.04. The molecule has 4 heteroatoms. The molecule has 0 saturated heterocycles. The molecule has 0 saturated carbocycles. The smallest absolute Gasteiger partial charge is 0.145 e. The summed E-state index contributed by atoms with van der Waals surface area (Å²) in [6.07, 6.45) is 2.95. The summed E-state index contributed by atoms with van der Waals surface area (Å²) in [6.45, 7) is 3.76. The molecule has 3 aromatic rings. The van der Waals surface area contributed by atoms with Crippen LogP contribution >= 0.6 is 11.3 Å². The zero-order chi connectivity index (χ0) is 12.7. The molecule has 0 aliphatic carbocycles. The van der Waals surface area contributed by atoms with Gasteiger partial charge < -0.3 is 0 Å². The SMILES string of the molecule is Cc1nc2ccc(-c3cncc(F)c3C)cc2s1. The maximum absolute atomic E-state index is 13.5. The van der Waals surface area contributed by atoms with Crippen LogP contribution in [0.4, 0.5) is 4.39 Å². The third kappa shape index (κ3) is 1.78. The van der Waals surface area contributed by atoms with Gasteiger partial charge in [0.05, 0.1) is 21.4 Å². The van der Waals surface area contributed by atoms with Crippen molar-refractivity contribution < 1.29 is 4.39 Å². The highest BCUT2D eigenvalue weighted by molar-refractivity contribution is 7.18. The number of rotatable bonds is 1. The van der Waals surface area contributed by atoms with Crippen LogP contribution in [-0.4, -0.2) is 9.97 Å². The van der Waals surface area contributed by atoms with Gasteiger partial charge in [-0.1, -0.05) is 6.07 Å². The number of hydrogen-bond acceptors (Lipinski definition) is 3. The zero-order valence-electron chi connectivity index (χ0n) is 10.1. The molecule has 2 nitrogen and oxygen atoms in total. The molecule has 0 fully saturated rings. The first-order valence-electron chi connectivity index (χ1n) is 5.63. The van der Waals surface area contributed by atoms with Crippen molar-refractivity contribution in [2.45, 2.75) is 13.8 Å². The van der Waals surface area contributed by atoms with Crippen LogP contribution in [0.2, 0.25) is 0 Å². The zero-order valence-corrected chi connectivity index (χ0v) is 10.9. The topological polar surface area (TPSA) is 25.8 Å². The Morgan fingerprint density at radius 2 is 2.00 bits per heavy atom. The van der Waals surface area contributed by atoms with Gasteiger partial charge in [0.1, 0.15) is 5.82 Å². The number of thiazole rings is 1. The van der Waals surface area contributed by atoms with E-state index < -0.39 is 0 Å². The lowest BCUT2D eigenvalue weighted by atomic mass is 10.0. The van der Waals surface area contributed by atoms with Crippen molar-refractivity contribution in [3.05, 3.63) is 47.0 Å². The molecule has 0 bridgehead atoms. The van der Waals surface area contributed by atoms with Crippen LogP contribution in [0.1, 0.15) is 10.6 Å². The summed E-state index contributed by atoms with van der Waals surface area (Å²) in [6, 6.07) is 5.98. The van der Waals surface area contributed by atoms with E-state index >= 15 is 0 Å². The van der Waals surface area contributed by atoms with Crippen molar-refractivity contribution in [3.8, 4) is 11.1 Å². The number of pyridine rings is 1. The second kappa shape index (κ2) is 4.14. The summed E-state index contributed by atoms with van der Waals surface area (Å²) in [4.78, 5) is 8.34. The maximum atomic E-state index is 13.5. The first-order valence-corrected chi connectivity index (χ1v) is 6.44. The minimum absolute atomic E-state index is 0.270. The van der Waals surface area contributed by atoms with E-state index in [1.165, 1.54) is 6.20 Å². The standard InChI is InChI=1S/C14H11FN2S/c1-8-11(6-16-7-12(8)15)10-3-4-13-14(5-10)18-9(2)17-13/h3-7H,1-2H3. The van der Waals surface area contributed by atoms with E-state index in [2.05, 4.69) is 9.97 Å². The molecule has 90 valence electrons. The van der Waals surface area contributed by atoms with Gasteiger partial charge in [0, 0.05) is 11.8 Å². The van der Waals surface area contributed by atoms with Gasteiger partial charge >= 0.3 is 0 Å². The minimum Gasteiger partial charge on any atom is -0.261 e. The lowest BCUT2D eigenvalue weighted by Gasteiger charge is -2.05. The van der Waals surface area contributed by atoms with E-state index in [-0.39, 0.29) is 5.82 Å². The molecule has 0 unspecified atom stereocenters. The molecule has 0 spiro atoms. The minimum atomic E-state index is -0.270. The van der Waals surface area contributed by atoms with Crippen molar-refractivity contribution >= 4 is 21.6 Å². The molecule has 2 heterocycles. The largest absolute Gasteiger partial charge is 0.261 e. The average molecular weight is 258 g/mol. The Labute approximate surface area is 108 Å². The van der Waals surface area contributed by atoms with Crippen molar-refractivity contribution in [1.82, 2.24) is 9.97 Å². The molecule has 0 amide bonds. The van der Waals surface area contributed by atoms with Gasteiger partial charge in [-0.3, -0.25) is 4.98 Å². The maximum Gasteiger partial charge on any atom is 0.145 e. The highest BCUT2D eigenvalue weighted by atomic mass is 32.1. The molecule has 0 N–H and O–H groups in total. The van der Waals surface area contributed by atoms with Gasteiger partial charge in [-0.05, 0) is 37.1 Å². The molecule has 0 radical (unpaired) electrons. The van der Waals surface area contributed by atoms with Gasteiger partial charge in [-0.25, -0.2) is 9.37 Å². The fourth-order valence-electron chi connectivity index (χ4n) is 2.00. The van der Waals surface area contributed by atoms with Crippen LogP contribution in [0.25, 0.3) is 21.3 Å². The number of aromatic nitrogens is 2. The normalized spacial score (nSPS) is 11.1. The van der Waals surface area contributed by atoms with E-state index in [4.69, 9.17) is 0 Å². The van der Waals surface area contributed by atoms with Crippen molar-refractivity contribution in [1.29, 1.82) is 0 Å². The Hall–Kier alpha value is -1.81. The Morgan fingerprint density at radius 1 is 1.17 bits per heavy atom. The third-order valence-corrected chi connectivity index (χ3v) is 3.89. The van der Waals surface area contributed by atoms with Gasteiger partial charge in [0.2, 0.25) is 0 Å². The van der Waals surface area contributed by atoms with E-state index in [1.54, 1.807) is 24.5 Å². The predicted octanol–water partition coefficient (Wildman–Crippen LogP) is 4.11. The van der Waals surface area contributed by atoms with E-state index in [9.17, 15) is 4.39 Å². The highest BCUT2D eigenvalue weighted by Crippen LogP contribution is 2.29. The fourth-order valence-corrected chi connectivity index (χ4v) is 2.86. The van der Waals surface area contributed by atoms with E-state index in [0.717, 1.165) is 26.4 Å². The second-order valence-electron chi connectivity index (χ2n) is 4.21. The van der Waals surface area contributed by atoms with Crippen molar-refractivity contribution in [2.75, 3.05) is 0 Å². The molecule has 0 aliphatic heterocycles. The number of fused-ring (bicyclic) bond motifs is 1. The predicted molar refractivity (Wildman–Crippen MR) is 72.3 cm³/mol. The lowest BCUT2D eigenvalue weighted by Crippen LogP contribution is -1.89. The van der Waals surface area contributed by atoms with Crippen LogP contribution in [0.5, 0.6) is 0 Å². The fraction of sp³-hybridized carbons (Fsp3) is 0.143. The molecule has 18 heavy (non-hydrogen) atoms. The molecule has 3 rings (SSSR count). The molecular weight excluding hydrogens is 247 g/mol. The van der Waals surface area contributed by atoms with Gasteiger partial charge in [0.15, 0.2) is 0 Å². The van der Waals surface area contributed by atoms with Crippen LogP contribution in [-0.2, 0) is 0 Å². The number of hydrogen-bond donors (Lipinski definition) is 0. The number of aryl methyl sites for hydroxylation is 1. The lowest BCUT2D eigenvalue weighted by molar-refractivity contribution is 0.613. The van der Waals surface area contributed by atoms with E-state index in [1.807, 2.05) is 25.1 Å². The van der Waals surface area contributed by atoms with Gasteiger partial charge in [-0.2, -0.15) is 0 Å². The van der Waals surface area contributed by atoms with Crippen LogP contribution in [0, 0.1) is 19.7 Å². The summed E-state index contributed by atoms with van der Waals surface area (Å²) in [5.74, 6) is -0.270. The average Bonchev–Trinajstić information content (AvgIpc) is 2.71. The van der Waals surface area contributed by atoms with Crippen molar-refractivity contribution in [2.24, 2.45) is 0 Å². The Balaban J connectivity index is 2.22. The van der Waals surface area contributed by atoms with Crippen LogP contribution < -0.4 is 0 Å². The second-order valence-corrected chi connectivity index (χ2v) is 5.44. The van der Waals surface area contributed by atoms with Crippen molar-refractivity contribution in [3.63, 3.8) is 0 Å². The summed E-state index contributed by atoms with van der Waals surface area (Å²) >= 11 is 1.65. The summed E-state index contributed by atoms with van der Waals surface area (Å²) < 4.78 is 14.6. The van der Waals surface area contributed by atoms with Crippen LogP contribution in [0.3, 0.4) is 0 Å². The quantitative estimate of drug-likeness (QED) is 0.656. The number of nitrogens with zero attached hydrogens (tertiary/aromatic N) is 2. The van der Waals surface area contributed by atoms with Gasteiger partial charge in [0.25, 0.3) is 0 Å². The van der Waals surface area contributed by atoms with Gasteiger partial charge in [-0.15, -0.1) is 11.3 Å². The number of halogens is 1. The Kier molecular flexibility index (Phi) is 2.59. The molecule has 1 aromatic carbocycles. The molecule has 0 aliphatic rings. The van der Waals surface area contributed by atoms with Crippen LogP contribution in [0.15, 0.2) is 30.6 Å². The summed E-state index contributed by atoms with van der Waals surface area (Å²) in [7, 11) is 0. The Morgan fingerprint density at radius 3 is 2.83 bits per heavy atom. The monoisotopic (exact) mass is 258 g/mol. The molecule has 0 atom stereocenters. The first-order chi connectivity index (χ1) is 8.65. The number of benzene rings is 1. The van der Waals surface area contributed by atoms with E-state index in [0.29, 0.717) is 5.56 Å². The molecular formula is C14H11FN2S. The highest BCUT2D eigenvalue weighted by Gasteiger charge is 2.08. The Bertz CT molecular complexity index is 734. The molecule has 2 aromatic heterocycles.